The smallest absolute Gasteiger partial charge is 0.314 e. The van der Waals surface area contributed by atoms with Crippen LogP contribution in [0, 0.1) is 5.82 Å². The summed E-state index contributed by atoms with van der Waals surface area (Å²) in [5.74, 6) is -2.22. The SMILES string of the molecule is CCS(=O)(=O)NC(c1ccc(F)cc1)N1Cc2ccc(-c3nnc(C(F)F)o3)cc2C1=O. The number of aromatic nitrogens is 2. The molecule has 0 fully saturated rings. The molecule has 4 rings (SSSR count). The Balaban J connectivity index is 1.68. The Bertz CT molecular complexity index is 1260. The van der Waals surface area contributed by atoms with Gasteiger partial charge in [-0.3, -0.25) is 4.79 Å². The quantitative estimate of drug-likeness (QED) is 0.572. The lowest BCUT2D eigenvalue weighted by Gasteiger charge is -2.28. The van der Waals surface area contributed by atoms with E-state index in [4.69, 9.17) is 4.42 Å². The first-order valence-electron chi connectivity index (χ1n) is 9.50. The summed E-state index contributed by atoms with van der Waals surface area (Å²) in [6.07, 6.45) is -4.00. The Labute approximate surface area is 181 Å². The summed E-state index contributed by atoms with van der Waals surface area (Å²) < 4.78 is 70.8. The van der Waals surface area contributed by atoms with Crippen LogP contribution in [0.1, 0.15) is 46.9 Å². The highest BCUT2D eigenvalue weighted by Crippen LogP contribution is 2.33. The zero-order valence-corrected chi connectivity index (χ0v) is 17.4. The number of carbonyl (C=O) groups is 1. The van der Waals surface area contributed by atoms with E-state index in [0.29, 0.717) is 11.1 Å². The normalized spacial score (nSPS) is 14.8. The number of hydrogen-bond acceptors (Lipinski definition) is 6. The van der Waals surface area contributed by atoms with E-state index < -0.39 is 40.2 Å². The number of alkyl halides is 2. The van der Waals surface area contributed by atoms with Gasteiger partial charge in [-0.25, -0.2) is 12.8 Å². The van der Waals surface area contributed by atoms with E-state index in [-0.39, 0.29) is 29.3 Å². The van der Waals surface area contributed by atoms with Crippen LogP contribution in [0.25, 0.3) is 11.5 Å². The van der Waals surface area contributed by atoms with Gasteiger partial charge < -0.3 is 9.32 Å². The van der Waals surface area contributed by atoms with Crippen molar-refractivity contribution in [1.82, 2.24) is 19.8 Å². The van der Waals surface area contributed by atoms with Crippen molar-refractivity contribution in [3.8, 4) is 11.5 Å². The molecule has 32 heavy (non-hydrogen) atoms. The van der Waals surface area contributed by atoms with Gasteiger partial charge in [0.2, 0.25) is 15.9 Å². The van der Waals surface area contributed by atoms with E-state index in [1.54, 1.807) is 12.1 Å². The van der Waals surface area contributed by atoms with Crippen LogP contribution in [0.4, 0.5) is 13.2 Å². The van der Waals surface area contributed by atoms with Crippen LogP contribution in [0.3, 0.4) is 0 Å². The molecular formula is C20H17F3N4O4S. The second-order valence-electron chi connectivity index (χ2n) is 7.03. The topological polar surface area (TPSA) is 105 Å². The molecule has 1 aromatic heterocycles. The van der Waals surface area contributed by atoms with Gasteiger partial charge in [-0.1, -0.05) is 18.2 Å². The van der Waals surface area contributed by atoms with Crippen LogP contribution in [-0.2, 0) is 16.6 Å². The molecule has 0 saturated carbocycles. The van der Waals surface area contributed by atoms with E-state index in [0.717, 1.165) is 0 Å². The molecule has 0 radical (unpaired) electrons. The van der Waals surface area contributed by atoms with E-state index in [1.165, 1.54) is 42.2 Å². The average Bonchev–Trinajstić information content (AvgIpc) is 3.38. The summed E-state index contributed by atoms with van der Waals surface area (Å²) in [7, 11) is -3.72. The van der Waals surface area contributed by atoms with E-state index >= 15 is 0 Å². The fourth-order valence-corrected chi connectivity index (χ4v) is 4.08. The molecule has 0 saturated heterocycles. The second kappa shape index (κ2) is 8.36. The summed E-state index contributed by atoms with van der Waals surface area (Å²) in [6.45, 7) is 1.53. The Morgan fingerprint density at radius 2 is 1.88 bits per heavy atom. The predicted octanol–water partition coefficient (Wildman–Crippen LogP) is 3.41. The fraction of sp³-hybridized carbons (Fsp3) is 0.250. The van der Waals surface area contributed by atoms with E-state index in [2.05, 4.69) is 14.9 Å². The third-order valence-corrected chi connectivity index (χ3v) is 6.33. The molecule has 2 aromatic carbocycles. The number of amides is 1. The highest BCUT2D eigenvalue weighted by atomic mass is 32.2. The second-order valence-corrected chi connectivity index (χ2v) is 9.07. The zero-order valence-electron chi connectivity index (χ0n) is 16.6. The number of nitrogens with zero attached hydrogens (tertiary/aromatic N) is 3. The molecule has 0 bridgehead atoms. The van der Waals surface area contributed by atoms with Crippen molar-refractivity contribution in [1.29, 1.82) is 0 Å². The number of rotatable bonds is 7. The van der Waals surface area contributed by atoms with Gasteiger partial charge in [-0.2, -0.15) is 13.5 Å². The fourth-order valence-electron chi connectivity index (χ4n) is 3.31. The number of nitrogens with one attached hydrogen (secondary N) is 1. The maximum absolute atomic E-state index is 13.4. The number of fused-ring (bicyclic) bond motifs is 1. The summed E-state index contributed by atoms with van der Waals surface area (Å²) in [6, 6.07) is 9.70. The van der Waals surface area contributed by atoms with Gasteiger partial charge in [-0.15, -0.1) is 10.2 Å². The van der Waals surface area contributed by atoms with Crippen molar-refractivity contribution in [3.63, 3.8) is 0 Å². The first kappa shape index (κ1) is 22.0. The molecule has 1 unspecified atom stereocenters. The van der Waals surface area contributed by atoms with Crippen LogP contribution in [0.5, 0.6) is 0 Å². The molecule has 0 spiro atoms. The third kappa shape index (κ3) is 4.23. The van der Waals surface area contributed by atoms with Gasteiger partial charge in [0.05, 0.1) is 5.75 Å². The molecule has 12 heteroatoms. The summed E-state index contributed by atoms with van der Waals surface area (Å²) >= 11 is 0. The Hall–Kier alpha value is -3.25. The van der Waals surface area contributed by atoms with Crippen LogP contribution in [0.15, 0.2) is 46.9 Å². The number of carbonyl (C=O) groups excluding carboxylic acids is 1. The summed E-state index contributed by atoms with van der Waals surface area (Å²) in [5, 5.41) is 6.85. The van der Waals surface area contributed by atoms with Crippen molar-refractivity contribution in [2.45, 2.75) is 26.1 Å². The minimum atomic E-state index is -3.72. The molecular weight excluding hydrogens is 449 g/mol. The lowest BCUT2D eigenvalue weighted by molar-refractivity contribution is 0.0690. The minimum absolute atomic E-state index is 0.0782. The summed E-state index contributed by atoms with van der Waals surface area (Å²) in [5.41, 5.74) is 1.48. The average molecular weight is 466 g/mol. The van der Waals surface area contributed by atoms with E-state index in [1.807, 2.05) is 0 Å². The predicted molar refractivity (Wildman–Crippen MR) is 106 cm³/mol. The Morgan fingerprint density at radius 1 is 1.16 bits per heavy atom. The maximum atomic E-state index is 13.4. The monoisotopic (exact) mass is 466 g/mol. The van der Waals surface area contributed by atoms with Crippen LogP contribution >= 0.6 is 0 Å². The largest absolute Gasteiger partial charge is 0.415 e. The molecule has 8 nitrogen and oxygen atoms in total. The number of benzene rings is 2. The van der Waals surface area contributed by atoms with Crippen molar-refractivity contribution >= 4 is 15.9 Å². The first-order chi connectivity index (χ1) is 15.2. The van der Waals surface area contributed by atoms with Crippen molar-refractivity contribution in [2.75, 3.05) is 5.75 Å². The summed E-state index contributed by atoms with van der Waals surface area (Å²) in [4.78, 5) is 14.5. The molecule has 1 aliphatic rings. The van der Waals surface area contributed by atoms with Crippen molar-refractivity contribution in [3.05, 3.63) is 70.9 Å². The molecule has 1 N–H and O–H groups in total. The Kier molecular flexibility index (Phi) is 5.73. The van der Waals surface area contributed by atoms with Gasteiger partial charge in [0, 0.05) is 17.7 Å². The third-order valence-electron chi connectivity index (χ3n) is 4.98. The first-order valence-corrected chi connectivity index (χ1v) is 11.1. The van der Waals surface area contributed by atoms with Gasteiger partial charge in [0.1, 0.15) is 12.0 Å². The maximum Gasteiger partial charge on any atom is 0.314 e. The van der Waals surface area contributed by atoms with E-state index in [9.17, 15) is 26.4 Å². The highest BCUT2D eigenvalue weighted by molar-refractivity contribution is 7.89. The highest BCUT2D eigenvalue weighted by Gasteiger charge is 2.36. The zero-order chi connectivity index (χ0) is 23.0. The molecule has 1 amide bonds. The van der Waals surface area contributed by atoms with Crippen molar-refractivity contribution in [2.24, 2.45) is 0 Å². The molecule has 1 aliphatic heterocycles. The van der Waals surface area contributed by atoms with Crippen LogP contribution in [0.2, 0.25) is 0 Å². The van der Waals surface area contributed by atoms with Gasteiger partial charge >= 0.3 is 6.43 Å². The minimum Gasteiger partial charge on any atom is -0.415 e. The van der Waals surface area contributed by atoms with Crippen LogP contribution in [-0.4, -0.2) is 35.2 Å². The lowest BCUT2D eigenvalue weighted by atomic mass is 10.1. The molecule has 2 heterocycles. The van der Waals surface area contributed by atoms with Gasteiger partial charge in [-0.05, 0) is 42.3 Å². The Morgan fingerprint density at radius 3 is 2.50 bits per heavy atom. The van der Waals surface area contributed by atoms with Crippen LogP contribution < -0.4 is 4.72 Å². The van der Waals surface area contributed by atoms with Crippen molar-refractivity contribution < 1.29 is 30.8 Å². The molecule has 0 aliphatic carbocycles. The number of halogens is 3. The number of hydrogen-bond donors (Lipinski definition) is 1. The lowest BCUT2D eigenvalue weighted by Crippen LogP contribution is -2.42. The standard InChI is InChI=1S/C20H17F3N4O4S/c1-2-32(29,30)26-17(11-5-7-14(21)8-6-11)27-10-13-4-3-12(9-15(13)20(27)28)18-24-25-19(31-18)16(22)23/h3-9,16-17,26H,2,10H2,1H3. The molecule has 168 valence electrons. The van der Waals surface area contributed by atoms with Gasteiger partial charge in [0.15, 0.2) is 0 Å². The molecule has 1 atom stereocenters. The number of sulfonamides is 1. The van der Waals surface area contributed by atoms with Gasteiger partial charge in [0.25, 0.3) is 11.8 Å². The molecule has 3 aromatic rings.